The molecule has 0 atom stereocenters. The molecule has 0 unspecified atom stereocenters. The quantitative estimate of drug-likeness (QED) is 0.419. The summed E-state index contributed by atoms with van der Waals surface area (Å²) < 4.78 is 0. The van der Waals surface area contributed by atoms with Gasteiger partial charge in [0.25, 0.3) is 0 Å². The molecule has 0 radical (unpaired) electrons. The molecule has 0 bridgehead atoms. The van der Waals surface area contributed by atoms with Crippen LogP contribution >= 0.6 is 11.8 Å². The molecular weight excluding hydrogens is 206 g/mol. The highest BCUT2D eigenvalue weighted by molar-refractivity contribution is 7.99. The maximum Gasteiger partial charge on any atom is 0.116 e. The van der Waals surface area contributed by atoms with Crippen LogP contribution in [-0.2, 0) is 0 Å². The number of hydrogen-bond acceptors (Lipinski definition) is 4. The summed E-state index contributed by atoms with van der Waals surface area (Å²) in [5.74, 6) is 1.07. The minimum atomic E-state index is 1.05. The van der Waals surface area contributed by atoms with Crippen molar-refractivity contribution in [2.24, 2.45) is 0 Å². The van der Waals surface area contributed by atoms with Crippen molar-refractivity contribution in [2.45, 2.75) is 31.2 Å². The highest BCUT2D eigenvalue weighted by Crippen LogP contribution is 2.11. The number of nitrogens with zero attached hydrogens (tertiary/aromatic N) is 2. The number of unbranched alkanes of at least 4 members (excludes halogenated alkanes) is 2. The minimum absolute atomic E-state index is 1.05. The summed E-state index contributed by atoms with van der Waals surface area (Å²) in [6.07, 6.45) is 7.28. The molecule has 0 aliphatic heterocycles. The van der Waals surface area contributed by atoms with Crippen molar-refractivity contribution < 1.29 is 0 Å². The van der Waals surface area contributed by atoms with Gasteiger partial charge in [-0.1, -0.05) is 19.8 Å². The second-order valence-electron chi connectivity index (χ2n) is 3.35. The molecule has 1 aromatic heterocycles. The number of nitrogens with one attached hydrogen (secondary N) is 1. The maximum absolute atomic E-state index is 4.15. The average Bonchev–Trinajstić information content (AvgIpc) is 2.29. The van der Waals surface area contributed by atoms with Crippen LogP contribution in [0, 0.1) is 0 Å². The number of thioether (sulfide) groups is 1. The van der Waals surface area contributed by atoms with E-state index in [9.17, 15) is 0 Å². The third-order valence-corrected chi connectivity index (χ3v) is 2.99. The third kappa shape index (κ3) is 6.47. The number of rotatable bonds is 8. The van der Waals surface area contributed by atoms with Crippen LogP contribution in [0.25, 0.3) is 0 Å². The van der Waals surface area contributed by atoms with Gasteiger partial charge in [-0.15, -0.1) is 11.8 Å². The summed E-state index contributed by atoms with van der Waals surface area (Å²) in [5, 5.41) is 4.48. The van der Waals surface area contributed by atoms with Gasteiger partial charge in [-0.2, -0.15) is 0 Å². The second-order valence-corrected chi connectivity index (χ2v) is 4.47. The smallest absolute Gasteiger partial charge is 0.116 e. The van der Waals surface area contributed by atoms with Crippen LogP contribution in [0.1, 0.15) is 26.2 Å². The van der Waals surface area contributed by atoms with E-state index >= 15 is 0 Å². The normalized spacial score (nSPS) is 10.5. The van der Waals surface area contributed by atoms with E-state index in [1.54, 1.807) is 24.3 Å². The van der Waals surface area contributed by atoms with Crippen LogP contribution in [0.5, 0.6) is 0 Å². The van der Waals surface area contributed by atoms with E-state index in [0.29, 0.717) is 0 Å². The molecule has 3 nitrogen and oxygen atoms in total. The molecule has 0 aromatic carbocycles. The van der Waals surface area contributed by atoms with E-state index in [2.05, 4.69) is 22.2 Å². The van der Waals surface area contributed by atoms with Crippen molar-refractivity contribution in [2.75, 3.05) is 18.8 Å². The molecule has 1 heterocycles. The van der Waals surface area contributed by atoms with E-state index < -0.39 is 0 Å². The molecule has 0 spiro atoms. The minimum Gasteiger partial charge on any atom is -0.316 e. The fraction of sp³-hybridized carbons (Fsp3) is 0.636. The van der Waals surface area contributed by atoms with Crippen molar-refractivity contribution in [1.29, 1.82) is 0 Å². The zero-order valence-electron chi connectivity index (χ0n) is 9.28. The van der Waals surface area contributed by atoms with Crippen molar-refractivity contribution in [3.63, 3.8) is 0 Å². The Kier molecular flexibility index (Phi) is 7.21. The summed E-state index contributed by atoms with van der Waals surface area (Å²) in [5.41, 5.74) is 0. The van der Waals surface area contributed by atoms with Gasteiger partial charge in [-0.05, 0) is 19.0 Å². The molecule has 15 heavy (non-hydrogen) atoms. The molecule has 0 saturated carbocycles. The highest BCUT2D eigenvalue weighted by Gasteiger charge is 1.93. The molecule has 0 amide bonds. The monoisotopic (exact) mass is 225 g/mol. The largest absolute Gasteiger partial charge is 0.316 e. The Morgan fingerprint density at radius 3 is 3.00 bits per heavy atom. The summed E-state index contributed by atoms with van der Waals surface area (Å²) in [6.45, 7) is 4.42. The van der Waals surface area contributed by atoms with Crippen LogP contribution in [0.2, 0.25) is 0 Å². The van der Waals surface area contributed by atoms with Crippen LogP contribution < -0.4 is 5.32 Å². The van der Waals surface area contributed by atoms with Crippen LogP contribution in [0.15, 0.2) is 23.6 Å². The molecule has 1 rings (SSSR count). The molecule has 4 heteroatoms. The maximum atomic E-state index is 4.15. The van der Waals surface area contributed by atoms with Crippen molar-refractivity contribution >= 4 is 11.8 Å². The Hall–Kier alpha value is -0.610. The third-order valence-electron chi connectivity index (χ3n) is 2.04. The van der Waals surface area contributed by atoms with Crippen LogP contribution in [0.4, 0.5) is 0 Å². The first-order valence-electron chi connectivity index (χ1n) is 5.53. The van der Waals surface area contributed by atoms with E-state index in [1.807, 2.05) is 6.07 Å². The predicted octanol–water partition coefficient (Wildman–Crippen LogP) is 2.35. The van der Waals surface area contributed by atoms with Crippen molar-refractivity contribution in [3.8, 4) is 0 Å². The molecule has 0 aliphatic carbocycles. The molecule has 84 valence electrons. The lowest BCUT2D eigenvalue weighted by molar-refractivity contribution is 0.636. The lowest BCUT2D eigenvalue weighted by atomic mass is 10.2. The van der Waals surface area contributed by atoms with Gasteiger partial charge >= 0.3 is 0 Å². The van der Waals surface area contributed by atoms with Gasteiger partial charge in [0.15, 0.2) is 0 Å². The average molecular weight is 225 g/mol. The summed E-state index contributed by atoms with van der Waals surface area (Å²) in [4.78, 5) is 8.03. The first kappa shape index (κ1) is 12.5. The van der Waals surface area contributed by atoms with E-state index in [-0.39, 0.29) is 0 Å². The first-order valence-corrected chi connectivity index (χ1v) is 6.51. The molecular formula is C11H19N3S. The standard InChI is InChI=1S/C11H19N3S/c1-2-3-4-6-12-8-9-15-11-5-7-13-10-14-11/h5,7,10,12H,2-4,6,8-9H2,1H3. The van der Waals surface area contributed by atoms with E-state index in [0.717, 1.165) is 23.9 Å². The molecule has 1 aromatic rings. The fourth-order valence-electron chi connectivity index (χ4n) is 1.22. The van der Waals surface area contributed by atoms with Gasteiger partial charge < -0.3 is 5.32 Å². The zero-order valence-corrected chi connectivity index (χ0v) is 10.1. The van der Waals surface area contributed by atoms with Gasteiger partial charge in [-0.25, -0.2) is 9.97 Å². The zero-order chi connectivity index (χ0) is 10.8. The van der Waals surface area contributed by atoms with Gasteiger partial charge in [0, 0.05) is 18.5 Å². The SMILES string of the molecule is CCCCCNCCSc1ccncn1. The van der Waals surface area contributed by atoms with E-state index in [1.165, 1.54) is 19.3 Å². The summed E-state index contributed by atoms with van der Waals surface area (Å²) >= 11 is 1.77. The summed E-state index contributed by atoms with van der Waals surface area (Å²) in [6, 6.07) is 1.95. The Bertz CT molecular complexity index is 241. The number of hydrogen-bond donors (Lipinski definition) is 1. The van der Waals surface area contributed by atoms with Crippen LogP contribution in [0.3, 0.4) is 0 Å². The first-order chi connectivity index (χ1) is 7.43. The molecule has 1 N–H and O–H groups in total. The molecule has 0 saturated heterocycles. The Labute approximate surface area is 96.1 Å². The van der Waals surface area contributed by atoms with E-state index in [4.69, 9.17) is 0 Å². The topological polar surface area (TPSA) is 37.8 Å². The van der Waals surface area contributed by atoms with Gasteiger partial charge in [0.1, 0.15) is 6.33 Å². The summed E-state index contributed by atoms with van der Waals surface area (Å²) in [7, 11) is 0. The lowest BCUT2D eigenvalue weighted by Crippen LogP contribution is -2.18. The van der Waals surface area contributed by atoms with Crippen LogP contribution in [-0.4, -0.2) is 28.8 Å². The Morgan fingerprint density at radius 2 is 2.27 bits per heavy atom. The Morgan fingerprint density at radius 1 is 1.33 bits per heavy atom. The van der Waals surface area contributed by atoms with Gasteiger partial charge in [-0.3, -0.25) is 0 Å². The van der Waals surface area contributed by atoms with Gasteiger partial charge in [0.05, 0.1) is 5.03 Å². The Balaban J connectivity index is 1.93. The lowest BCUT2D eigenvalue weighted by Gasteiger charge is -2.03. The molecule has 0 aliphatic rings. The van der Waals surface area contributed by atoms with Crippen molar-refractivity contribution in [3.05, 3.63) is 18.6 Å². The predicted molar refractivity (Wildman–Crippen MR) is 65.2 cm³/mol. The van der Waals surface area contributed by atoms with Crippen molar-refractivity contribution in [1.82, 2.24) is 15.3 Å². The van der Waals surface area contributed by atoms with Gasteiger partial charge in [0.2, 0.25) is 0 Å². The fourth-order valence-corrected chi connectivity index (χ4v) is 1.95. The molecule has 0 fully saturated rings. The highest BCUT2D eigenvalue weighted by atomic mass is 32.2. The number of aromatic nitrogens is 2. The second kappa shape index (κ2) is 8.68.